The van der Waals surface area contributed by atoms with Crippen molar-refractivity contribution in [2.24, 2.45) is 0 Å². The summed E-state index contributed by atoms with van der Waals surface area (Å²) in [5, 5.41) is 6.56. The number of carbonyl (C=O) groups is 1. The van der Waals surface area contributed by atoms with Gasteiger partial charge in [0.2, 0.25) is 0 Å². The fourth-order valence-electron chi connectivity index (χ4n) is 3.97. The quantitative estimate of drug-likeness (QED) is 0.826. The Labute approximate surface area is 159 Å². The monoisotopic (exact) mass is 376 g/mol. The third kappa shape index (κ3) is 3.48. The van der Waals surface area contributed by atoms with Gasteiger partial charge in [0.05, 0.1) is 4.88 Å². The van der Waals surface area contributed by atoms with Crippen LogP contribution in [0, 0.1) is 0 Å². The summed E-state index contributed by atoms with van der Waals surface area (Å²) >= 11 is 1.65. The summed E-state index contributed by atoms with van der Waals surface area (Å²) in [7, 11) is 0. The first-order chi connectivity index (χ1) is 11.5. The number of halogens is 1. The van der Waals surface area contributed by atoms with Crippen molar-refractivity contribution in [3.05, 3.63) is 46.3 Å². The Morgan fingerprint density at radius 2 is 1.96 bits per heavy atom. The molecular formula is C20H25ClN2OS. The molecule has 134 valence electrons. The number of rotatable bonds is 2. The minimum atomic E-state index is 0. The number of hydrogen-bond donors (Lipinski definition) is 2. The second-order valence-electron chi connectivity index (χ2n) is 7.57. The highest BCUT2D eigenvalue weighted by molar-refractivity contribution is 7.17. The lowest BCUT2D eigenvalue weighted by Gasteiger charge is -2.32. The maximum atomic E-state index is 12.7. The van der Waals surface area contributed by atoms with Gasteiger partial charge in [-0.15, -0.1) is 23.7 Å². The molecule has 2 heterocycles. The molecule has 1 amide bonds. The highest BCUT2D eigenvalue weighted by atomic mass is 35.5. The molecule has 0 spiro atoms. The van der Waals surface area contributed by atoms with E-state index in [-0.39, 0.29) is 23.7 Å². The van der Waals surface area contributed by atoms with Crippen LogP contribution in [0.3, 0.4) is 0 Å². The van der Waals surface area contributed by atoms with Gasteiger partial charge in [-0.1, -0.05) is 38.1 Å². The zero-order valence-electron chi connectivity index (χ0n) is 14.7. The number of amides is 1. The minimum Gasteiger partial charge on any atom is -0.349 e. The van der Waals surface area contributed by atoms with Gasteiger partial charge in [-0.3, -0.25) is 4.79 Å². The van der Waals surface area contributed by atoms with E-state index in [9.17, 15) is 4.79 Å². The van der Waals surface area contributed by atoms with Gasteiger partial charge in [0.15, 0.2) is 0 Å². The molecule has 1 aromatic heterocycles. The third-order valence-corrected chi connectivity index (χ3v) is 6.45. The van der Waals surface area contributed by atoms with E-state index in [0.29, 0.717) is 6.04 Å². The number of piperidine rings is 1. The largest absolute Gasteiger partial charge is 0.349 e. The topological polar surface area (TPSA) is 41.1 Å². The molecule has 0 saturated carbocycles. The maximum Gasteiger partial charge on any atom is 0.261 e. The van der Waals surface area contributed by atoms with Crippen LogP contribution in [0.15, 0.2) is 30.3 Å². The van der Waals surface area contributed by atoms with Crippen LogP contribution in [-0.2, 0) is 11.8 Å². The molecule has 2 N–H and O–H groups in total. The highest BCUT2D eigenvalue weighted by Gasteiger charge is 2.33. The van der Waals surface area contributed by atoms with E-state index in [2.05, 4.69) is 54.8 Å². The number of nitrogens with one attached hydrogen (secondary N) is 2. The van der Waals surface area contributed by atoms with Gasteiger partial charge in [0.25, 0.3) is 5.91 Å². The number of fused-ring (bicyclic) bond motifs is 3. The van der Waals surface area contributed by atoms with Crippen LogP contribution in [0.5, 0.6) is 0 Å². The van der Waals surface area contributed by atoms with Crippen molar-refractivity contribution < 1.29 is 4.79 Å². The van der Waals surface area contributed by atoms with Crippen LogP contribution >= 0.6 is 23.7 Å². The van der Waals surface area contributed by atoms with Crippen LogP contribution in [0.2, 0.25) is 0 Å². The van der Waals surface area contributed by atoms with E-state index in [4.69, 9.17) is 0 Å². The molecule has 5 heteroatoms. The Bertz CT molecular complexity index is 778. The van der Waals surface area contributed by atoms with E-state index < -0.39 is 0 Å². The molecule has 1 saturated heterocycles. The molecule has 0 atom stereocenters. The van der Waals surface area contributed by atoms with Crippen LogP contribution < -0.4 is 10.6 Å². The number of benzene rings is 1. The zero-order valence-corrected chi connectivity index (χ0v) is 16.4. The van der Waals surface area contributed by atoms with E-state index in [0.717, 1.165) is 37.2 Å². The molecular weight excluding hydrogens is 352 g/mol. The predicted octanol–water partition coefficient (Wildman–Crippen LogP) is 4.15. The minimum absolute atomic E-state index is 0. The van der Waals surface area contributed by atoms with Crippen molar-refractivity contribution in [1.29, 1.82) is 0 Å². The van der Waals surface area contributed by atoms with E-state index in [1.165, 1.54) is 21.6 Å². The Balaban J connectivity index is 0.00000182. The summed E-state index contributed by atoms with van der Waals surface area (Å²) in [6, 6.07) is 11.1. The van der Waals surface area contributed by atoms with Crippen LogP contribution in [-0.4, -0.2) is 25.0 Å². The Hall–Kier alpha value is -1.36. The van der Waals surface area contributed by atoms with Gasteiger partial charge in [-0.2, -0.15) is 0 Å². The average molecular weight is 377 g/mol. The summed E-state index contributed by atoms with van der Waals surface area (Å²) in [5.41, 5.74) is 4.13. The molecule has 1 aromatic carbocycles. The van der Waals surface area contributed by atoms with Crippen molar-refractivity contribution in [1.82, 2.24) is 10.6 Å². The van der Waals surface area contributed by atoms with Crippen LogP contribution in [0.4, 0.5) is 0 Å². The predicted molar refractivity (Wildman–Crippen MR) is 107 cm³/mol. The SMILES string of the molecule is CC1(C)Cc2cc(C(=O)NC3CCNCC3)sc2-c2ccccc21.Cl. The van der Waals surface area contributed by atoms with E-state index in [1.807, 2.05) is 0 Å². The summed E-state index contributed by atoms with van der Waals surface area (Å²) in [6.45, 7) is 6.57. The number of carbonyl (C=O) groups excluding carboxylic acids is 1. The van der Waals surface area contributed by atoms with Crippen LogP contribution in [0.1, 0.15) is 47.5 Å². The van der Waals surface area contributed by atoms with Crippen molar-refractivity contribution in [2.45, 2.75) is 44.6 Å². The molecule has 0 unspecified atom stereocenters. The lowest BCUT2D eigenvalue weighted by Crippen LogP contribution is -2.42. The summed E-state index contributed by atoms with van der Waals surface area (Å²) < 4.78 is 0. The van der Waals surface area contributed by atoms with Gasteiger partial charge in [-0.25, -0.2) is 0 Å². The second-order valence-corrected chi connectivity index (χ2v) is 8.62. The lowest BCUT2D eigenvalue weighted by atomic mass is 9.73. The lowest BCUT2D eigenvalue weighted by molar-refractivity contribution is 0.0933. The molecule has 1 fully saturated rings. The van der Waals surface area contributed by atoms with Gasteiger partial charge in [-0.05, 0) is 60.5 Å². The fourth-order valence-corrected chi connectivity index (χ4v) is 5.09. The maximum absolute atomic E-state index is 12.7. The molecule has 25 heavy (non-hydrogen) atoms. The summed E-state index contributed by atoms with van der Waals surface area (Å²) in [6.07, 6.45) is 3.04. The molecule has 1 aliphatic heterocycles. The van der Waals surface area contributed by atoms with Gasteiger partial charge in [0, 0.05) is 10.9 Å². The molecule has 0 bridgehead atoms. The first-order valence-electron chi connectivity index (χ1n) is 8.79. The Morgan fingerprint density at radius 3 is 2.72 bits per heavy atom. The van der Waals surface area contributed by atoms with E-state index >= 15 is 0 Å². The molecule has 1 aliphatic carbocycles. The number of thiophene rings is 1. The van der Waals surface area contributed by atoms with Crippen molar-refractivity contribution >= 4 is 29.7 Å². The van der Waals surface area contributed by atoms with Gasteiger partial charge in [0.1, 0.15) is 0 Å². The Kier molecular flexibility index (Phi) is 5.24. The summed E-state index contributed by atoms with van der Waals surface area (Å²) in [5.74, 6) is 0.0941. The molecule has 2 aliphatic rings. The van der Waals surface area contributed by atoms with Crippen molar-refractivity contribution in [3.8, 4) is 10.4 Å². The molecule has 0 radical (unpaired) electrons. The smallest absolute Gasteiger partial charge is 0.261 e. The van der Waals surface area contributed by atoms with Crippen LogP contribution in [0.25, 0.3) is 10.4 Å². The zero-order chi connectivity index (χ0) is 16.7. The van der Waals surface area contributed by atoms with Crippen molar-refractivity contribution in [3.63, 3.8) is 0 Å². The fraction of sp³-hybridized carbons (Fsp3) is 0.450. The van der Waals surface area contributed by atoms with E-state index in [1.54, 1.807) is 11.3 Å². The summed E-state index contributed by atoms with van der Waals surface area (Å²) in [4.78, 5) is 14.8. The molecule has 4 rings (SSSR count). The molecule has 2 aromatic rings. The third-order valence-electron chi connectivity index (χ3n) is 5.24. The van der Waals surface area contributed by atoms with Gasteiger partial charge < -0.3 is 10.6 Å². The standard InChI is InChI=1S/C20H24N2OS.ClH/c1-20(2)12-13-11-17(19(23)22-14-7-9-21-10-8-14)24-18(13)15-5-3-4-6-16(15)20;/h3-6,11,14,21H,7-10,12H2,1-2H3,(H,22,23);1H. The average Bonchev–Trinajstić information content (AvgIpc) is 2.99. The second kappa shape index (κ2) is 7.10. The first kappa shape index (κ1) is 18.4. The normalized spacial score (nSPS) is 18.6. The highest BCUT2D eigenvalue weighted by Crippen LogP contribution is 2.46. The van der Waals surface area contributed by atoms with Gasteiger partial charge >= 0.3 is 0 Å². The first-order valence-corrected chi connectivity index (χ1v) is 9.60. The number of hydrogen-bond acceptors (Lipinski definition) is 3. The Morgan fingerprint density at radius 1 is 1.24 bits per heavy atom. The van der Waals surface area contributed by atoms with Crippen molar-refractivity contribution in [2.75, 3.05) is 13.1 Å². The molecule has 3 nitrogen and oxygen atoms in total.